The predicted molar refractivity (Wildman–Crippen MR) is 120 cm³/mol. The molecule has 33 heavy (non-hydrogen) atoms. The second-order valence-electron chi connectivity index (χ2n) is 8.01. The van der Waals surface area contributed by atoms with Crippen LogP contribution in [-0.4, -0.2) is 58.1 Å². The highest BCUT2D eigenvalue weighted by atomic mass is 32.2. The van der Waals surface area contributed by atoms with Gasteiger partial charge in [0.1, 0.15) is 10.7 Å². The molecule has 1 aliphatic heterocycles. The van der Waals surface area contributed by atoms with Gasteiger partial charge in [0.15, 0.2) is 11.5 Å². The van der Waals surface area contributed by atoms with E-state index in [1.165, 1.54) is 6.07 Å². The van der Waals surface area contributed by atoms with E-state index in [1.54, 1.807) is 25.3 Å². The van der Waals surface area contributed by atoms with Crippen LogP contribution in [0.2, 0.25) is 0 Å². The topological polar surface area (TPSA) is 94.2 Å². The van der Waals surface area contributed by atoms with Crippen LogP contribution in [0.5, 0.6) is 11.5 Å². The van der Waals surface area contributed by atoms with Gasteiger partial charge >= 0.3 is 0 Å². The van der Waals surface area contributed by atoms with Crippen molar-refractivity contribution in [3.8, 4) is 11.5 Å². The molecule has 1 saturated carbocycles. The Morgan fingerprint density at radius 1 is 1.09 bits per heavy atom. The zero-order chi connectivity index (χ0) is 23.4. The van der Waals surface area contributed by atoms with E-state index in [1.807, 2.05) is 0 Å². The number of amides is 1. The van der Waals surface area contributed by atoms with E-state index in [4.69, 9.17) is 14.2 Å². The molecule has 1 amide bonds. The third kappa shape index (κ3) is 5.29. The van der Waals surface area contributed by atoms with Crippen LogP contribution in [0.25, 0.3) is 0 Å². The number of benzene rings is 2. The van der Waals surface area contributed by atoms with Gasteiger partial charge in [0.2, 0.25) is 10.0 Å². The highest BCUT2D eigenvalue weighted by molar-refractivity contribution is 7.89. The number of nitrogens with zero attached hydrogens (tertiary/aromatic N) is 1. The maximum absolute atomic E-state index is 14.4. The Hall–Kier alpha value is -2.69. The average Bonchev–Trinajstić information content (AvgIpc) is 3.33. The Balaban J connectivity index is 1.54. The molecule has 0 unspecified atom stereocenters. The summed E-state index contributed by atoms with van der Waals surface area (Å²) in [4.78, 5) is 12.3. The second kappa shape index (κ2) is 10.1. The lowest BCUT2D eigenvalue weighted by Gasteiger charge is -2.26. The maximum Gasteiger partial charge on any atom is 0.255 e. The van der Waals surface area contributed by atoms with Gasteiger partial charge in [-0.3, -0.25) is 4.79 Å². The van der Waals surface area contributed by atoms with E-state index >= 15 is 0 Å². The fraction of sp³-hybridized carbons (Fsp3) is 0.435. The zero-order valence-electron chi connectivity index (χ0n) is 18.4. The molecule has 0 aromatic heterocycles. The number of methoxy groups -OCH3 is 1. The van der Waals surface area contributed by atoms with Crippen molar-refractivity contribution in [3.63, 3.8) is 0 Å². The summed E-state index contributed by atoms with van der Waals surface area (Å²) in [6.45, 7) is 0.745. The Morgan fingerprint density at radius 3 is 2.52 bits per heavy atom. The molecule has 2 aliphatic rings. The predicted octanol–water partition coefficient (Wildman–Crippen LogP) is 3.43. The summed E-state index contributed by atoms with van der Waals surface area (Å²) in [7, 11) is -2.54. The number of ether oxygens (including phenoxy) is 3. The number of rotatable bonds is 7. The van der Waals surface area contributed by atoms with Crippen LogP contribution in [0.1, 0.15) is 36.0 Å². The van der Waals surface area contributed by atoms with Gasteiger partial charge < -0.3 is 19.5 Å². The molecule has 0 bridgehead atoms. The normalized spacial score (nSPS) is 17.6. The average molecular weight is 479 g/mol. The molecule has 2 fully saturated rings. The van der Waals surface area contributed by atoms with Gasteiger partial charge in [0.05, 0.1) is 26.4 Å². The standard InChI is InChI=1S/C23H27FN2O6S/c1-30-20-9-7-17(15-21(20)32-18-4-2-3-5-18)25-23(27)16-6-8-19(24)22(14-16)33(28,29)26-10-12-31-13-11-26/h6-9,14-15,18H,2-5,10-13H2,1H3,(H,25,27). The molecule has 1 N–H and O–H groups in total. The minimum atomic E-state index is -4.09. The quantitative estimate of drug-likeness (QED) is 0.655. The van der Waals surface area contributed by atoms with Gasteiger partial charge in [0.25, 0.3) is 5.91 Å². The number of hydrogen-bond acceptors (Lipinski definition) is 6. The Bertz CT molecular complexity index is 1110. The van der Waals surface area contributed by atoms with E-state index in [0.29, 0.717) is 17.2 Å². The number of nitrogens with one attached hydrogen (secondary N) is 1. The van der Waals surface area contributed by atoms with Crippen LogP contribution in [0.15, 0.2) is 41.3 Å². The molecule has 2 aromatic carbocycles. The molecular weight excluding hydrogens is 451 g/mol. The van der Waals surface area contributed by atoms with Gasteiger partial charge in [-0.2, -0.15) is 4.31 Å². The van der Waals surface area contributed by atoms with Crippen molar-refractivity contribution in [1.29, 1.82) is 0 Å². The zero-order valence-corrected chi connectivity index (χ0v) is 19.2. The SMILES string of the molecule is COc1ccc(NC(=O)c2ccc(F)c(S(=O)(=O)N3CCOCC3)c2)cc1OC1CCCC1. The first-order valence-electron chi connectivity index (χ1n) is 10.9. The number of carbonyl (C=O) groups excluding carboxylic acids is 1. The van der Waals surface area contributed by atoms with E-state index in [2.05, 4.69) is 5.32 Å². The lowest BCUT2D eigenvalue weighted by molar-refractivity contribution is 0.0729. The van der Waals surface area contributed by atoms with Gasteiger partial charge in [-0.1, -0.05) is 0 Å². The monoisotopic (exact) mass is 478 g/mol. The van der Waals surface area contributed by atoms with E-state index in [-0.39, 0.29) is 38.0 Å². The molecule has 0 atom stereocenters. The maximum atomic E-state index is 14.4. The fourth-order valence-electron chi connectivity index (χ4n) is 4.00. The van der Waals surface area contributed by atoms with Crippen molar-refractivity contribution < 1.29 is 31.8 Å². The lowest BCUT2D eigenvalue weighted by Crippen LogP contribution is -2.41. The smallest absolute Gasteiger partial charge is 0.255 e. The minimum absolute atomic E-state index is 0.0253. The first-order chi connectivity index (χ1) is 15.9. The highest BCUT2D eigenvalue weighted by Gasteiger charge is 2.30. The number of anilines is 1. The summed E-state index contributed by atoms with van der Waals surface area (Å²) in [5.41, 5.74) is 0.480. The Labute approximate surface area is 192 Å². The molecule has 1 saturated heterocycles. The second-order valence-corrected chi connectivity index (χ2v) is 9.91. The van der Waals surface area contributed by atoms with Crippen LogP contribution in [0.4, 0.5) is 10.1 Å². The number of carbonyl (C=O) groups is 1. The molecule has 1 aliphatic carbocycles. The van der Waals surface area contributed by atoms with Crippen molar-refractivity contribution in [3.05, 3.63) is 47.8 Å². The summed E-state index contributed by atoms with van der Waals surface area (Å²) in [5.74, 6) is -0.391. The molecule has 10 heteroatoms. The van der Waals surface area contributed by atoms with Gasteiger partial charge in [-0.05, 0) is 56.0 Å². The van der Waals surface area contributed by atoms with Crippen LogP contribution in [0, 0.1) is 5.82 Å². The molecule has 2 aromatic rings. The van der Waals surface area contributed by atoms with Crippen molar-refractivity contribution in [1.82, 2.24) is 4.31 Å². The van der Waals surface area contributed by atoms with Gasteiger partial charge in [0, 0.05) is 30.4 Å². The largest absolute Gasteiger partial charge is 0.493 e. The number of halogens is 1. The van der Waals surface area contributed by atoms with Gasteiger partial charge in [-0.25, -0.2) is 12.8 Å². The van der Waals surface area contributed by atoms with Crippen LogP contribution >= 0.6 is 0 Å². The van der Waals surface area contributed by atoms with E-state index in [9.17, 15) is 17.6 Å². The van der Waals surface area contributed by atoms with Gasteiger partial charge in [-0.15, -0.1) is 0 Å². The summed E-state index contributed by atoms with van der Waals surface area (Å²) >= 11 is 0. The van der Waals surface area contributed by atoms with Crippen molar-refractivity contribution in [2.75, 3.05) is 38.7 Å². The molecular formula is C23H27FN2O6S. The fourth-order valence-corrected chi connectivity index (χ4v) is 5.50. The highest BCUT2D eigenvalue weighted by Crippen LogP contribution is 2.34. The van der Waals surface area contributed by atoms with Crippen molar-refractivity contribution in [2.45, 2.75) is 36.7 Å². The summed E-state index contributed by atoms with van der Waals surface area (Å²) in [6, 6.07) is 8.33. The van der Waals surface area contributed by atoms with Crippen LogP contribution in [0.3, 0.4) is 0 Å². The third-order valence-corrected chi connectivity index (χ3v) is 7.71. The molecule has 0 radical (unpaired) electrons. The van der Waals surface area contributed by atoms with Crippen molar-refractivity contribution in [2.24, 2.45) is 0 Å². The van der Waals surface area contributed by atoms with Crippen molar-refractivity contribution >= 4 is 21.6 Å². The molecule has 4 rings (SSSR count). The first-order valence-corrected chi connectivity index (χ1v) is 12.4. The molecule has 1 heterocycles. The first kappa shape index (κ1) is 23.5. The molecule has 8 nitrogen and oxygen atoms in total. The minimum Gasteiger partial charge on any atom is -0.493 e. The number of sulfonamides is 1. The summed E-state index contributed by atoms with van der Waals surface area (Å²) in [6.07, 6.45) is 4.27. The summed E-state index contributed by atoms with van der Waals surface area (Å²) in [5, 5.41) is 2.73. The van der Waals surface area contributed by atoms with E-state index < -0.39 is 26.6 Å². The lowest BCUT2D eigenvalue weighted by atomic mass is 10.2. The number of morpholine rings is 1. The molecule has 0 spiro atoms. The summed E-state index contributed by atoms with van der Waals surface area (Å²) < 4.78 is 58.0. The van der Waals surface area contributed by atoms with Crippen LogP contribution in [-0.2, 0) is 14.8 Å². The van der Waals surface area contributed by atoms with Crippen LogP contribution < -0.4 is 14.8 Å². The molecule has 178 valence electrons. The number of hydrogen-bond donors (Lipinski definition) is 1. The van der Waals surface area contributed by atoms with E-state index in [0.717, 1.165) is 42.1 Å². The third-order valence-electron chi connectivity index (χ3n) is 5.80. The Kier molecular flexibility index (Phi) is 7.16. The Morgan fingerprint density at radius 2 is 1.82 bits per heavy atom.